The Morgan fingerprint density at radius 2 is 2.42 bits per heavy atom. The van der Waals surface area contributed by atoms with Gasteiger partial charge in [-0.05, 0) is 25.5 Å². The first-order valence-electron chi connectivity index (χ1n) is 4.17. The Morgan fingerprint density at radius 1 is 1.50 bits per heavy atom. The molecule has 4 heteroatoms. The maximum Gasteiger partial charge on any atom is 0.0490 e. The molecule has 1 aromatic heterocycles. The summed E-state index contributed by atoms with van der Waals surface area (Å²) in [6, 6.07) is 2.07. The Hall–Kier alpha value is -0.540. The molecule has 1 saturated heterocycles. The lowest BCUT2D eigenvalue weighted by Gasteiger charge is -2.20. The van der Waals surface area contributed by atoms with E-state index in [-0.39, 0.29) is 12.4 Å². The number of hydrogen-bond acceptors (Lipinski definition) is 2. The number of aromatic amines is 1. The van der Waals surface area contributed by atoms with Crippen molar-refractivity contribution in [1.82, 2.24) is 15.5 Å². The number of aromatic nitrogens is 2. The molecule has 12 heavy (non-hydrogen) atoms. The average Bonchev–Trinajstić information content (AvgIpc) is 2.58. The van der Waals surface area contributed by atoms with Crippen LogP contribution in [-0.2, 0) is 0 Å². The van der Waals surface area contributed by atoms with E-state index in [1.807, 2.05) is 6.20 Å². The second-order valence-electron chi connectivity index (χ2n) is 3.06. The topological polar surface area (TPSA) is 40.7 Å². The van der Waals surface area contributed by atoms with Crippen molar-refractivity contribution in [2.24, 2.45) is 0 Å². The Kier molecular flexibility index (Phi) is 3.56. The Bertz CT molecular complexity index is 204. The second kappa shape index (κ2) is 4.48. The molecule has 2 rings (SSSR count). The summed E-state index contributed by atoms with van der Waals surface area (Å²) in [5.74, 6) is 0.659. The van der Waals surface area contributed by atoms with Crippen LogP contribution in [0, 0.1) is 0 Å². The highest BCUT2D eigenvalue weighted by Gasteiger charge is 2.15. The highest BCUT2D eigenvalue weighted by Crippen LogP contribution is 2.20. The van der Waals surface area contributed by atoms with Gasteiger partial charge < -0.3 is 5.32 Å². The molecule has 0 aromatic carbocycles. The van der Waals surface area contributed by atoms with Gasteiger partial charge in [0.15, 0.2) is 0 Å². The van der Waals surface area contributed by atoms with Crippen LogP contribution in [0.5, 0.6) is 0 Å². The lowest BCUT2D eigenvalue weighted by molar-refractivity contribution is 0.454. The van der Waals surface area contributed by atoms with Gasteiger partial charge in [-0.2, -0.15) is 5.10 Å². The Morgan fingerprint density at radius 3 is 3.00 bits per heavy atom. The smallest absolute Gasteiger partial charge is 0.0490 e. The minimum absolute atomic E-state index is 0. The summed E-state index contributed by atoms with van der Waals surface area (Å²) >= 11 is 0. The summed E-state index contributed by atoms with van der Waals surface area (Å²) in [5, 5.41) is 10.3. The lowest BCUT2D eigenvalue weighted by Crippen LogP contribution is -2.28. The van der Waals surface area contributed by atoms with E-state index in [2.05, 4.69) is 21.6 Å². The first kappa shape index (κ1) is 9.55. The number of H-pyrrole nitrogens is 1. The van der Waals surface area contributed by atoms with Gasteiger partial charge in [0.1, 0.15) is 0 Å². The minimum atomic E-state index is 0. The summed E-state index contributed by atoms with van der Waals surface area (Å²) in [6.07, 6.45) is 4.39. The quantitative estimate of drug-likeness (QED) is 0.696. The van der Waals surface area contributed by atoms with Crippen molar-refractivity contribution < 1.29 is 0 Å². The SMILES string of the molecule is Cl.c1cc(C2CCCNC2)[nH]n1. The second-order valence-corrected chi connectivity index (χ2v) is 3.06. The molecule has 0 amide bonds. The van der Waals surface area contributed by atoms with Gasteiger partial charge in [0.2, 0.25) is 0 Å². The van der Waals surface area contributed by atoms with Gasteiger partial charge in [0, 0.05) is 24.4 Å². The van der Waals surface area contributed by atoms with Crippen LogP contribution >= 0.6 is 12.4 Å². The van der Waals surface area contributed by atoms with Gasteiger partial charge >= 0.3 is 0 Å². The van der Waals surface area contributed by atoms with E-state index in [0.29, 0.717) is 5.92 Å². The fourth-order valence-electron chi connectivity index (χ4n) is 1.61. The molecule has 0 spiro atoms. The number of halogens is 1. The Labute approximate surface area is 78.4 Å². The number of hydrogen-bond donors (Lipinski definition) is 2. The molecule has 2 heterocycles. The zero-order valence-corrected chi connectivity index (χ0v) is 7.73. The fraction of sp³-hybridized carbons (Fsp3) is 0.625. The predicted octanol–water partition coefficient (Wildman–Crippen LogP) is 1.30. The van der Waals surface area contributed by atoms with Gasteiger partial charge in [0.05, 0.1) is 0 Å². The van der Waals surface area contributed by atoms with Crippen LogP contribution in [0.1, 0.15) is 24.5 Å². The largest absolute Gasteiger partial charge is 0.316 e. The van der Waals surface area contributed by atoms with Crippen molar-refractivity contribution in [2.75, 3.05) is 13.1 Å². The maximum absolute atomic E-state index is 3.94. The van der Waals surface area contributed by atoms with E-state index >= 15 is 0 Å². The number of piperidine rings is 1. The van der Waals surface area contributed by atoms with Crippen LogP contribution in [0.3, 0.4) is 0 Å². The molecule has 0 saturated carbocycles. The van der Waals surface area contributed by atoms with E-state index in [4.69, 9.17) is 0 Å². The molecular weight excluding hydrogens is 174 g/mol. The summed E-state index contributed by atoms with van der Waals surface area (Å²) in [5.41, 5.74) is 1.28. The summed E-state index contributed by atoms with van der Waals surface area (Å²) in [6.45, 7) is 2.27. The third-order valence-corrected chi connectivity index (χ3v) is 2.26. The van der Waals surface area contributed by atoms with Crippen LogP contribution < -0.4 is 5.32 Å². The standard InChI is InChI=1S/C8H13N3.ClH/c1-2-7(6-9-4-1)8-3-5-10-11-8;/h3,5,7,9H,1-2,4,6H2,(H,10,11);1H. The van der Waals surface area contributed by atoms with E-state index < -0.39 is 0 Å². The number of rotatable bonds is 1. The van der Waals surface area contributed by atoms with Gasteiger partial charge in [-0.15, -0.1) is 12.4 Å². The molecule has 1 aromatic rings. The summed E-state index contributed by atoms with van der Waals surface area (Å²) in [7, 11) is 0. The van der Waals surface area contributed by atoms with E-state index in [1.54, 1.807) is 0 Å². The Balaban J connectivity index is 0.000000720. The molecule has 2 N–H and O–H groups in total. The third-order valence-electron chi connectivity index (χ3n) is 2.26. The molecule has 0 radical (unpaired) electrons. The minimum Gasteiger partial charge on any atom is -0.316 e. The molecule has 1 unspecified atom stereocenters. The van der Waals surface area contributed by atoms with Crippen molar-refractivity contribution in [3.63, 3.8) is 0 Å². The molecule has 68 valence electrons. The van der Waals surface area contributed by atoms with Crippen LogP contribution in [-0.4, -0.2) is 23.3 Å². The van der Waals surface area contributed by atoms with Crippen molar-refractivity contribution in [3.8, 4) is 0 Å². The fourth-order valence-corrected chi connectivity index (χ4v) is 1.61. The van der Waals surface area contributed by atoms with E-state index in [0.717, 1.165) is 6.54 Å². The molecule has 0 bridgehead atoms. The van der Waals surface area contributed by atoms with Crippen LogP contribution in [0.25, 0.3) is 0 Å². The highest BCUT2D eigenvalue weighted by molar-refractivity contribution is 5.85. The summed E-state index contributed by atoms with van der Waals surface area (Å²) < 4.78 is 0. The average molecular weight is 188 g/mol. The molecule has 1 fully saturated rings. The number of nitrogens with one attached hydrogen (secondary N) is 2. The van der Waals surface area contributed by atoms with Gasteiger partial charge in [-0.1, -0.05) is 0 Å². The molecule has 1 aliphatic rings. The van der Waals surface area contributed by atoms with Crippen LogP contribution in [0.4, 0.5) is 0 Å². The van der Waals surface area contributed by atoms with Crippen molar-refractivity contribution in [3.05, 3.63) is 18.0 Å². The normalized spacial score (nSPS) is 23.2. The van der Waals surface area contributed by atoms with E-state index in [9.17, 15) is 0 Å². The van der Waals surface area contributed by atoms with Crippen molar-refractivity contribution in [1.29, 1.82) is 0 Å². The zero-order chi connectivity index (χ0) is 7.52. The van der Waals surface area contributed by atoms with Gasteiger partial charge in [-0.25, -0.2) is 0 Å². The van der Waals surface area contributed by atoms with Gasteiger partial charge in [-0.3, -0.25) is 5.10 Å². The van der Waals surface area contributed by atoms with Crippen molar-refractivity contribution in [2.45, 2.75) is 18.8 Å². The molecule has 3 nitrogen and oxygen atoms in total. The monoisotopic (exact) mass is 187 g/mol. The number of nitrogens with zero attached hydrogens (tertiary/aromatic N) is 1. The van der Waals surface area contributed by atoms with Crippen molar-refractivity contribution >= 4 is 12.4 Å². The molecule has 0 aliphatic carbocycles. The highest BCUT2D eigenvalue weighted by atomic mass is 35.5. The summed E-state index contributed by atoms with van der Waals surface area (Å²) in [4.78, 5) is 0. The zero-order valence-electron chi connectivity index (χ0n) is 6.92. The predicted molar refractivity (Wildman–Crippen MR) is 50.7 cm³/mol. The molecule has 1 aliphatic heterocycles. The van der Waals surface area contributed by atoms with Crippen LogP contribution in [0.15, 0.2) is 12.3 Å². The maximum atomic E-state index is 3.94. The molecule has 1 atom stereocenters. The third kappa shape index (κ3) is 1.99. The van der Waals surface area contributed by atoms with Gasteiger partial charge in [0.25, 0.3) is 0 Å². The lowest BCUT2D eigenvalue weighted by atomic mass is 9.97. The first-order chi connectivity index (χ1) is 5.47. The first-order valence-corrected chi connectivity index (χ1v) is 4.17. The van der Waals surface area contributed by atoms with E-state index in [1.165, 1.54) is 25.1 Å². The molecular formula is C8H14ClN3. The van der Waals surface area contributed by atoms with Crippen LogP contribution in [0.2, 0.25) is 0 Å².